The van der Waals surface area contributed by atoms with E-state index < -0.39 is 11.8 Å². The molecule has 2 aromatic carbocycles. The Morgan fingerprint density at radius 2 is 1.48 bits per heavy atom. The highest BCUT2D eigenvalue weighted by molar-refractivity contribution is 6.39. The fourth-order valence-corrected chi connectivity index (χ4v) is 2.94. The number of anilines is 2. The van der Waals surface area contributed by atoms with Crippen LogP contribution in [0.1, 0.15) is 17.3 Å². The van der Waals surface area contributed by atoms with E-state index in [0.29, 0.717) is 37.4 Å². The third kappa shape index (κ3) is 4.49. The minimum atomic E-state index is -0.708. The number of amides is 2. The lowest BCUT2D eigenvalue weighted by atomic mass is 10.1. The van der Waals surface area contributed by atoms with Gasteiger partial charge in [-0.3, -0.25) is 14.4 Å². The number of piperazine rings is 1. The highest BCUT2D eigenvalue weighted by atomic mass is 19.1. The number of benzene rings is 2. The first-order chi connectivity index (χ1) is 12.9. The molecule has 6 nitrogen and oxygen atoms in total. The lowest BCUT2D eigenvalue weighted by Crippen LogP contribution is -2.51. The zero-order chi connectivity index (χ0) is 19.4. The van der Waals surface area contributed by atoms with Crippen LogP contribution in [-0.4, -0.2) is 48.7 Å². The molecule has 1 heterocycles. The average Bonchev–Trinajstić information content (AvgIpc) is 2.68. The molecular weight excluding hydrogens is 349 g/mol. The zero-order valence-corrected chi connectivity index (χ0v) is 14.9. The highest BCUT2D eigenvalue weighted by Crippen LogP contribution is 2.17. The van der Waals surface area contributed by atoms with Gasteiger partial charge in [0.2, 0.25) is 0 Å². The zero-order valence-electron chi connectivity index (χ0n) is 14.9. The largest absolute Gasteiger partial charge is 0.368 e. The van der Waals surface area contributed by atoms with Crippen molar-refractivity contribution in [2.75, 3.05) is 36.4 Å². The molecule has 7 heteroatoms. The monoisotopic (exact) mass is 369 g/mol. The molecule has 1 N–H and O–H groups in total. The molecule has 0 radical (unpaired) electrons. The maximum absolute atomic E-state index is 13.0. The molecule has 0 bridgehead atoms. The molecule has 0 spiro atoms. The van der Waals surface area contributed by atoms with Gasteiger partial charge in [0, 0.05) is 43.1 Å². The molecule has 1 fully saturated rings. The van der Waals surface area contributed by atoms with Gasteiger partial charge in [-0.15, -0.1) is 0 Å². The van der Waals surface area contributed by atoms with Crippen LogP contribution in [0.4, 0.5) is 15.8 Å². The fourth-order valence-electron chi connectivity index (χ4n) is 2.94. The smallest absolute Gasteiger partial charge is 0.313 e. The summed E-state index contributed by atoms with van der Waals surface area (Å²) < 4.78 is 13.0. The van der Waals surface area contributed by atoms with Crippen LogP contribution in [-0.2, 0) is 9.59 Å². The second-order valence-electron chi connectivity index (χ2n) is 6.34. The Morgan fingerprint density at radius 1 is 0.889 bits per heavy atom. The molecule has 2 aromatic rings. The summed E-state index contributed by atoms with van der Waals surface area (Å²) in [6, 6.07) is 12.6. The third-order valence-electron chi connectivity index (χ3n) is 4.50. The predicted molar refractivity (Wildman–Crippen MR) is 100 cm³/mol. The van der Waals surface area contributed by atoms with Gasteiger partial charge in [0.05, 0.1) is 0 Å². The van der Waals surface area contributed by atoms with E-state index in [2.05, 4.69) is 5.32 Å². The Balaban J connectivity index is 1.54. The molecule has 140 valence electrons. The molecule has 3 rings (SSSR count). The first kappa shape index (κ1) is 18.6. The molecule has 0 unspecified atom stereocenters. The molecule has 1 aliphatic heterocycles. The van der Waals surface area contributed by atoms with Crippen LogP contribution >= 0.6 is 0 Å². The van der Waals surface area contributed by atoms with Gasteiger partial charge in [-0.2, -0.15) is 0 Å². The molecule has 0 atom stereocenters. The molecule has 1 aliphatic rings. The topological polar surface area (TPSA) is 69.7 Å². The maximum atomic E-state index is 13.0. The number of hydrogen-bond acceptors (Lipinski definition) is 4. The van der Waals surface area contributed by atoms with Gasteiger partial charge in [0.25, 0.3) is 0 Å². The minimum absolute atomic E-state index is 0.0667. The van der Waals surface area contributed by atoms with Crippen LogP contribution in [0, 0.1) is 5.82 Å². The Labute approximate surface area is 156 Å². The van der Waals surface area contributed by atoms with Crippen molar-refractivity contribution in [3.63, 3.8) is 0 Å². The number of nitrogens with one attached hydrogen (secondary N) is 1. The Morgan fingerprint density at radius 3 is 2.04 bits per heavy atom. The van der Waals surface area contributed by atoms with Crippen LogP contribution in [0.3, 0.4) is 0 Å². The van der Waals surface area contributed by atoms with E-state index in [1.807, 2.05) is 4.90 Å². The summed E-state index contributed by atoms with van der Waals surface area (Å²) in [5.74, 6) is -1.66. The molecule has 2 amide bonds. The van der Waals surface area contributed by atoms with Gasteiger partial charge in [-0.25, -0.2) is 4.39 Å². The van der Waals surface area contributed by atoms with Gasteiger partial charge >= 0.3 is 11.8 Å². The molecule has 1 saturated heterocycles. The number of Topliss-reactive ketones (excluding diaryl/α,β-unsaturated/α-hetero) is 1. The van der Waals surface area contributed by atoms with Crippen LogP contribution in [0.2, 0.25) is 0 Å². The molecule has 27 heavy (non-hydrogen) atoms. The molecule has 0 aliphatic carbocycles. The van der Waals surface area contributed by atoms with Gasteiger partial charge in [0.1, 0.15) is 5.82 Å². The van der Waals surface area contributed by atoms with Crippen LogP contribution in [0.15, 0.2) is 48.5 Å². The highest BCUT2D eigenvalue weighted by Gasteiger charge is 2.26. The van der Waals surface area contributed by atoms with Crippen molar-refractivity contribution in [3.8, 4) is 0 Å². The number of hydrogen-bond donors (Lipinski definition) is 1. The second kappa shape index (κ2) is 7.99. The summed E-state index contributed by atoms with van der Waals surface area (Å²) in [6.45, 7) is 3.42. The number of carbonyl (C=O) groups excluding carboxylic acids is 3. The van der Waals surface area contributed by atoms with E-state index >= 15 is 0 Å². The Hall–Kier alpha value is -3.22. The van der Waals surface area contributed by atoms with Crippen LogP contribution < -0.4 is 10.2 Å². The van der Waals surface area contributed by atoms with Gasteiger partial charge in [-0.1, -0.05) is 0 Å². The second-order valence-corrected chi connectivity index (χ2v) is 6.34. The van der Waals surface area contributed by atoms with Crippen molar-refractivity contribution in [1.29, 1.82) is 0 Å². The summed E-state index contributed by atoms with van der Waals surface area (Å²) in [4.78, 5) is 39.4. The standard InChI is InChI=1S/C20H20FN3O3/c1-14(25)15-2-6-17(7-3-15)22-19(26)20(27)24-12-10-23(11-13-24)18-8-4-16(21)5-9-18/h2-9H,10-13H2,1H3,(H,22,26). The Kier molecular flexibility index (Phi) is 5.49. The SMILES string of the molecule is CC(=O)c1ccc(NC(=O)C(=O)N2CCN(c3ccc(F)cc3)CC2)cc1. The summed E-state index contributed by atoms with van der Waals surface area (Å²) in [7, 11) is 0. The van der Waals surface area contributed by atoms with E-state index in [-0.39, 0.29) is 11.6 Å². The van der Waals surface area contributed by atoms with Crippen molar-refractivity contribution in [3.05, 3.63) is 59.9 Å². The van der Waals surface area contributed by atoms with Gasteiger partial charge in [-0.05, 0) is 55.5 Å². The Bertz CT molecular complexity index is 842. The summed E-state index contributed by atoms with van der Waals surface area (Å²) in [6.07, 6.45) is 0. The number of ketones is 1. The molecule has 0 saturated carbocycles. The summed E-state index contributed by atoms with van der Waals surface area (Å²) in [5.41, 5.74) is 1.89. The first-order valence-electron chi connectivity index (χ1n) is 8.66. The fraction of sp³-hybridized carbons (Fsp3) is 0.250. The van der Waals surface area contributed by atoms with Crippen molar-refractivity contribution in [1.82, 2.24) is 4.90 Å². The third-order valence-corrected chi connectivity index (χ3v) is 4.50. The van der Waals surface area contributed by atoms with Crippen molar-refractivity contribution in [2.24, 2.45) is 0 Å². The maximum Gasteiger partial charge on any atom is 0.313 e. The normalized spacial score (nSPS) is 14.0. The van der Waals surface area contributed by atoms with Gasteiger partial charge < -0.3 is 15.1 Å². The quantitative estimate of drug-likeness (QED) is 0.666. The van der Waals surface area contributed by atoms with E-state index in [1.54, 1.807) is 36.4 Å². The lowest BCUT2D eigenvalue weighted by molar-refractivity contribution is -0.143. The summed E-state index contributed by atoms with van der Waals surface area (Å²) in [5, 5.41) is 2.56. The van der Waals surface area contributed by atoms with Crippen molar-refractivity contribution < 1.29 is 18.8 Å². The number of carbonyl (C=O) groups is 3. The van der Waals surface area contributed by atoms with Gasteiger partial charge in [0.15, 0.2) is 5.78 Å². The van der Waals surface area contributed by atoms with Crippen LogP contribution in [0.5, 0.6) is 0 Å². The molecule has 0 aromatic heterocycles. The van der Waals surface area contributed by atoms with Crippen molar-refractivity contribution >= 4 is 29.0 Å². The predicted octanol–water partition coefficient (Wildman–Crippen LogP) is 2.32. The van der Waals surface area contributed by atoms with E-state index in [1.165, 1.54) is 24.0 Å². The van der Waals surface area contributed by atoms with Crippen molar-refractivity contribution in [2.45, 2.75) is 6.92 Å². The van der Waals surface area contributed by atoms with E-state index in [0.717, 1.165) is 5.69 Å². The summed E-state index contributed by atoms with van der Waals surface area (Å²) >= 11 is 0. The minimum Gasteiger partial charge on any atom is -0.368 e. The molecular formula is C20H20FN3O3. The lowest BCUT2D eigenvalue weighted by Gasteiger charge is -2.35. The first-order valence-corrected chi connectivity index (χ1v) is 8.66. The van der Waals surface area contributed by atoms with Crippen LogP contribution in [0.25, 0.3) is 0 Å². The number of halogens is 1. The number of rotatable bonds is 3. The average molecular weight is 369 g/mol. The van der Waals surface area contributed by atoms with E-state index in [9.17, 15) is 18.8 Å². The number of nitrogens with zero attached hydrogens (tertiary/aromatic N) is 2. The van der Waals surface area contributed by atoms with E-state index in [4.69, 9.17) is 0 Å².